The SMILES string of the molecule is Cc1ccc(C[C@H](NC(=O)C[C@H](O)CNC(=O)OCc2ccccc2)C(=O)O)cc1. The number of benzene rings is 2. The molecule has 160 valence electrons. The summed E-state index contributed by atoms with van der Waals surface area (Å²) >= 11 is 0. The third-order valence-electron chi connectivity index (χ3n) is 4.31. The van der Waals surface area contributed by atoms with Crippen molar-refractivity contribution in [3.8, 4) is 0 Å². The molecule has 0 aliphatic rings. The minimum atomic E-state index is -1.18. The number of aliphatic hydroxyl groups excluding tert-OH is 1. The number of hydrogen-bond donors (Lipinski definition) is 4. The molecule has 0 spiro atoms. The second-order valence-corrected chi connectivity index (χ2v) is 6.95. The summed E-state index contributed by atoms with van der Waals surface area (Å²) in [5.74, 6) is -1.79. The minimum Gasteiger partial charge on any atom is -0.480 e. The van der Waals surface area contributed by atoms with Gasteiger partial charge in [-0.1, -0.05) is 60.2 Å². The molecular formula is C22H26N2O6. The monoisotopic (exact) mass is 414 g/mol. The average Bonchev–Trinajstić information content (AvgIpc) is 2.72. The molecule has 0 bridgehead atoms. The zero-order chi connectivity index (χ0) is 21.9. The van der Waals surface area contributed by atoms with E-state index in [9.17, 15) is 24.6 Å². The number of carbonyl (C=O) groups is 3. The van der Waals surface area contributed by atoms with Crippen molar-refractivity contribution in [2.45, 2.75) is 38.5 Å². The number of rotatable bonds is 10. The smallest absolute Gasteiger partial charge is 0.407 e. The predicted octanol–water partition coefficient (Wildman–Crippen LogP) is 1.78. The maximum atomic E-state index is 12.1. The number of aliphatic hydroxyl groups is 1. The number of aliphatic carboxylic acids is 1. The molecule has 0 aliphatic carbocycles. The topological polar surface area (TPSA) is 125 Å². The van der Waals surface area contributed by atoms with E-state index in [0.717, 1.165) is 16.7 Å². The van der Waals surface area contributed by atoms with E-state index < -0.39 is 30.1 Å². The fourth-order valence-corrected chi connectivity index (χ4v) is 2.67. The third-order valence-corrected chi connectivity index (χ3v) is 4.31. The van der Waals surface area contributed by atoms with Gasteiger partial charge in [-0.25, -0.2) is 9.59 Å². The Hall–Kier alpha value is -3.39. The maximum absolute atomic E-state index is 12.1. The van der Waals surface area contributed by atoms with Crippen LogP contribution in [-0.2, 0) is 27.4 Å². The van der Waals surface area contributed by atoms with Gasteiger partial charge in [0.05, 0.1) is 12.5 Å². The van der Waals surface area contributed by atoms with Crippen LogP contribution in [-0.4, -0.2) is 46.9 Å². The molecule has 30 heavy (non-hydrogen) atoms. The first-order chi connectivity index (χ1) is 14.3. The summed E-state index contributed by atoms with van der Waals surface area (Å²) < 4.78 is 5.01. The quantitative estimate of drug-likeness (QED) is 0.470. The molecule has 0 heterocycles. The van der Waals surface area contributed by atoms with Crippen molar-refractivity contribution >= 4 is 18.0 Å². The van der Waals surface area contributed by atoms with E-state index >= 15 is 0 Å². The van der Waals surface area contributed by atoms with Crippen molar-refractivity contribution < 1.29 is 29.3 Å². The van der Waals surface area contributed by atoms with Crippen LogP contribution in [0.3, 0.4) is 0 Å². The fourth-order valence-electron chi connectivity index (χ4n) is 2.67. The molecule has 8 heteroatoms. The van der Waals surface area contributed by atoms with Gasteiger partial charge < -0.3 is 25.6 Å². The lowest BCUT2D eigenvalue weighted by Gasteiger charge is -2.17. The van der Waals surface area contributed by atoms with E-state index in [1.807, 2.05) is 49.4 Å². The number of carbonyl (C=O) groups excluding carboxylic acids is 2. The molecule has 2 aromatic rings. The van der Waals surface area contributed by atoms with Gasteiger partial charge in [0, 0.05) is 13.0 Å². The molecule has 2 amide bonds. The molecule has 2 aromatic carbocycles. The molecule has 0 aromatic heterocycles. The van der Waals surface area contributed by atoms with E-state index in [0.29, 0.717) is 0 Å². The van der Waals surface area contributed by atoms with Crippen molar-refractivity contribution in [3.63, 3.8) is 0 Å². The zero-order valence-electron chi connectivity index (χ0n) is 16.7. The van der Waals surface area contributed by atoms with Crippen LogP contribution in [0.4, 0.5) is 4.79 Å². The van der Waals surface area contributed by atoms with Crippen molar-refractivity contribution in [2.24, 2.45) is 0 Å². The Balaban J connectivity index is 1.73. The number of ether oxygens (including phenoxy) is 1. The van der Waals surface area contributed by atoms with Crippen LogP contribution < -0.4 is 10.6 Å². The van der Waals surface area contributed by atoms with E-state index in [4.69, 9.17) is 4.74 Å². The van der Waals surface area contributed by atoms with Crippen molar-refractivity contribution in [1.29, 1.82) is 0 Å². The van der Waals surface area contributed by atoms with Crippen LogP contribution in [0.2, 0.25) is 0 Å². The van der Waals surface area contributed by atoms with E-state index in [1.165, 1.54) is 0 Å². The second-order valence-electron chi connectivity index (χ2n) is 6.95. The lowest BCUT2D eigenvalue weighted by molar-refractivity contribution is -0.142. The molecule has 0 unspecified atom stereocenters. The highest BCUT2D eigenvalue weighted by Gasteiger charge is 2.22. The summed E-state index contributed by atoms with van der Waals surface area (Å²) in [6.45, 7) is 1.81. The standard InChI is InChI=1S/C22H26N2O6/c1-15-7-9-16(10-8-15)11-19(21(27)28)24-20(26)12-18(25)13-23-22(29)30-14-17-5-3-2-4-6-17/h2-10,18-19,25H,11-14H2,1H3,(H,23,29)(H,24,26)(H,27,28)/t18-,19-/m0/s1. The minimum absolute atomic E-state index is 0.0859. The molecule has 0 saturated carbocycles. The molecule has 0 aliphatic heterocycles. The van der Waals surface area contributed by atoms with E-state index in [1.54, 1.807) is 12.1 Å². The number of carboxylic acids is 1. The zero-order valence-corrected chi connectivity index (χ0v) is 16.7. The number of nitrogens with one attached hydrogen (secondary N) is 2. The fraction of sp³-hybridized carbons (Fsp3) is 0.318. The van der Waals surface area contributed by atoms with Gasteiger partial charge in [-0.2, -0.15) is 0 Å². The van der Waals surface area contributed by atoms with Crippen LogP contribution in [0.25, 0.3) is 0 Å². The van der Waals surface area contributed by atoms with Crippen molar-refractivity contribution in [1.82, 2.24) is 10.6 Å². The first kappa shape index (κ1) is 22.9. The van der Waals surface area contributed by atoms with Gasteiger partial charge in [-0.05, 0) is 18.1 Å². The van der Waals surface area contributed by atoms with Crippen LogP contribution in [0.1, 0.15) is 23.1 Å². The lowest BCUT2D eigenvalue weighted by Crippen LogP contribution is -2.44. The molecular weight excluding hydrogens is 388 g/mol. The summed E-state index contributed by atoms with van der Waals surface area (Å²) in [5, 5.41) is 24.1. The summed E-state index contributed by atoms with van der Waals surface area (Å²) in [7, 11) is 0. The summed E-state index contributed by atoms with van der Waals surface area (Å²) in [5.41, 5.74) is 2.64. The van der Waals surface area contributed by atoms with Gasteiger partial charge in [0.1, 0.15) is 12.6 Å². The van der Waals surface area contributed by atoms with Crippen LogP contribution in [0.15, 0.2) is 54.6 Å². The number of amides is 2. The highest BCUT2D eigenvalue weighted by molar-refractivity contribution is 5.84. The Morgan fingerprint density at radius 2 is 1.67 bits per heavy atom. The Morgan fingerprint density at radius 1 is 1.00 bits per heavy atom. The summed E-state index contributed by atoms with van der Waals surface area (Å²) in [4.78, 5) is 35.2. The maximum Gasteiger partial charge on any atom is 0.407 e. The van der Waals surface area contributed by atoms with Gasteiger partial charge in [-0.15, -0.1) is 0 Å². The third kappa shape index (κ3) is 8.32. The predicted molar refractivity (Wildman–Crippen MR) is 110 cm³/mol. The molecule has 8 nitrogen and oxygen atoms in total. The van der Waals surface area contributed by atoms with Gasteiger partial charge in [0.25, 0.3) is 0 Å². The van der Waals surface area contributed by atoms with E-state index in [-0.39, 0.29) is 26.0 Å². The van der Waals surface area contributed by atoms with Gasteiger partial charge in [-0.3, -0.25) is 4.79 Å². The number of aryl methyl sites for hydroxylation is 1. The Kier molecular flexibility index (Phi) is 8.83. The first-order valence-corrected chi connectivity index (χ1v) is 9.54. The van der Waals surface area contributed by atoms with Crippen molar-refractivity contribution in [3.05, 3.63) is 71.3 Å². The van der Waals surface area contributed by atoms with Gasteiger partial charge in [0.2, 0.25) is 5.91 Å². The van der Waals surface area contributed by atoms with E-state index in [2.05, 4.69) is 10.6 Å². The van der Waals surface area contributed by atoms with Crippen LogP contribution >= 0.6 is 0 Å². The largest absolute Gasteiger partial charge is 0.480 e. The number of alkyl carbamates (subject to hydrolysis) is 1. The first-order valence-electron chi connectivity index (χ1n) is 9.54. The summed E-state index contributed by atoms with van der Waals surface area (Å²) in [6.07, 6.45) is -2.12. The number of hydrogen-bond acceptors (Lipinski definition) is 5. The molecule has 0 fully saturated rings. The Morgan fingerprint density at radius 3 is 2.30 bits per heavy atom. The number of carboxylic acid groups (broad SMARTS) is 1. The Labute approximate surface area is 174 Å². The lowest BCUT2D eigenvalue weighted by atomic mass is 10.0. The molecule has 2 rings (SSSR count). The average molecular weight is 414 g/mol. The summed E-state index contributed by atoms with van der Waals surface area (Å²) in [6, 6.07) is 15.3. The van der Waals surface area contributed by atoms with Crippen LogP contribution in [0.5, 0.6) is 0 Å². The molecule has 0 radical (unpaired) electrons. The Bertz CT molecular complexity index is 838. The normalized spacial score (nSPS) is 12.5. The van der Waals surface area contributed by atoms with Crippen LogP contribution in [0, 0.1) is 6.92 Å². The second kappa shape index (κ2) is 11.6. The molecule has 4 N–H and O–H groups in total. The van der Waals surface area contributed by atoms with Gasteiger partial charge in [0.15, 0.2) is 0 Å². The van der Waals surface area contributed by atoms with Crippen molar-refractivity contribution in [2.75, 3.05) is 6.54 Å². The highest BCUT2D eigenvalue weighted by atomic mass is 16.5. The van der Waals surface area contributed by atoms with Gasteiger partial charge >= 0.3 is 12.1 Å². The molecule has 0 saturated heterocycles. The molecule has 2 atom stereocenters. The highest BCUT2D eigenvalue weighted by Crippen LogP contribution is 2.07.